The molecular formula is C15H19BrF3N. The molecule has 2 rings (SSSR count). The highest BCUT2D eigenvalue weighted by Crippen LogP contribution is 2.30. The van der Waals surface area contributed by atoms with Gasteiger partial charge in [-0.2, -0.15) is 13.2 Å². The molecule has 0 N–H and O–H groups in total. The van der Waals surface area contributed by atoms with Gasteiger partial charge in [-0.15, -0.1) is 0 Å². The van der Waals surface area contributed by atoms with Crippen LogP contribution in [0.3, 0.4) is 0 Å². The topological polar surface area (TPSA) is 3.24 Å². The third-order valence-corrected chi connectivity index (χ3v) is 4.40. The normalized spacial score (nSPS) is 16.4. The average molecular weight is 350 g/mol. The lowest BCUT2D eigenvalue weighted by molar-refractivity contribution is -0.137. The Labute approximate surface area is 126 Å². The summed E-state index contributed by atoms with van der Waals surface area (Å²) in [6, 6.07) is 6.17. The average Bonchev–Trinajstić information content (AvgIpc) is 2.33. The van der Waals surface area contributed by atoms with Gasteiger partial charge < -0.3 is 0 Å². The Hall–Kier alpha value is -0.550. The van der Waals surface area contributed by atoms with Crippen molar-refractivity contribution in [2.45, 2.75) is 44.4 Å². The molecule has 0 atom stereocenters. The Bertz CT molecular complexity index is 412. The van der Waals surface area contributed by atoms with Gasteiger partial charge in [-0.3, -0.25) is 4.90 Å². The van der Waals surface area contributed by atoms with Crippen molar-refractivity contribution in [2.24, 2.45) is 0 Å². The number of rotatable bonds is 6. The molecule has 0 saturated heterocycles. The molecule has 0 spiro atoms. The SMILES string of the molecule is FC(F)(F)c1ccc(CN(CCCBr)C2CCC2)cc1. The van der Waals surface area contributed by atoms with Crippen molar-refractivity contribution in [3.05, 3.63) is 35.4 Å². The standard InChI is InChI=1S/C15H19BrF3N/c16-9-2-10-20(14-3-1-4-14)11-12-5-7-13(8-6-12)15(17,18)19/h5-8,14H,1-4,9-11H2. The van der Waals surface area contributed by atoms with E-state index in [2.05, 4.69) is 20.8 Å². The summed E-state index contributed by atoms with van der Waals surface area (Å²) in [5.74, 6) is 0. The number of nitrogens with zero attached hydrogens (tertiary/aromatic N) is 1. The maximum atomic E-state index is 12.5. The van der Waals surface area contributed by atoms with Crippen LogP contribution in [0.25, 0.3) is 0 Å². The summed E-state index contributed by atoms with van der Waals surface area (Å²) in [5, 5.41) is 0.962. The van der Waals surface area contributed by atoms with E-state index < -0.39 is 11.7 Å². The first kappa shape index (κ1) is 15.8. The van der Waals surface area contributed by atoms with Crippen LogP contribution >= 0.6 is 15.9 Å². The molecule has 1 saturated carbocycles. The third kappa shape index (κ3) is 4.22. The molecule has 0 bridgehead atoms. The molecule has 0 amide bonds. The van der Waals surface area contributed by atoms with Crippen molar-refractivity contribution in [3.63, 3.8) is 0 Å². The van der Waals surface area contributed by atoms with Gasteiger partial charge >= 0.3 is 6.18 Å². The molecule has 1 aliphatic rings. The molecule has 1 aromatic rings. The summed E-state index contributed by atoms with van der Waals surface area (Å²) in [6.07, 6.45) is 0.508. The van der Waals surface area contributed by atoms with E-state index in [0.29, 0.717) is 6.04 Å². The lowest BCUT2D eigenvalue weighted by atomic mass is 9.91. The summed E-state index contributed by atoms with van der Waals surface area (Å²) >= 11 is 3.43. The molecule has 0 heterocycles. The number of benzene rings is 1. The van der Waals surface area contributed by atoms with Crippen LogP contribution in [0.5, 0.6) is 0 Å². The van der Waals surface area contributed by atoms with E-state index in [-0.39, 0.29) is 0 Å². The Balaban J connectivity index is 1.98. The zero-order valence-corrected chi connectivity index (χ0v) is 12.9. The van der Waals surface area contributed by atoms with Crippen LogP contribution in [0.1, 0.15) is 36.8 Å². The van der Waals surface area contributed by atoms with Crippen molar-refractivity contribution in [3.8, 4) is 0 Å². The lowest BCUT2D eigenvalue weighted by Gasteiger charge is -2.37. The highest BCUT2D eigenvalue weighted by molar-refractivity contribution is 9.09. The molecule has 1 aromatic carbocycles. The second kappa shape index (κ2) is 6.94. The van der Waals surface area contributed by atoms with Crippen molar-refractivity contribution >= 4 is 15.9 Å². The zero-order chi connectivity index (χ0) is 14.6. The van der Waals surface area contributed by atoms with Crippen LogP contribution in [0.15, 0.2) is 24.3 Å². The molecule has 0 aliphatic heterocycles. The van der Waals surface area contributed by atoms with E-state index in [1.165, 1.54) is 31.4 Å². The summed E-state index contributed by atoms with van der Waals surface area (Å²) < 4.78 is 37.6. The lowest BCUT2D eigenvalue weighted by Crippen LogP contribution is -2.40. The van der Waals surface area contributed by atoms with Crippen LogP contribution in [0.4, 0.5) is 13.2 Å². The second-order valence-corrected chi connectivity index (χ2v) is 6.09. The van der Waals surface area contributed by atoms with Crippen LogP contribution in [-0.4, -0.2) is 22.8 Å². The van der Waals surface area contributed by atoms with Gasteiger partial charge in [0.2, 0.25) is 0 Å². The fraction of sp³-hybridized carbons (Fsp3) is 0.600. The minimum atomic E-state index is -4.25. The maximum Gasteiger partial charge on any atom is 0.416 e. The van der Waals surface area contributed by atoms with E-state index >= 15 is 0 Å². The van der Waals surface area contributed by atoms with Gasteiger partial charge in [-0.25, -0.2) is 0 Å². The molecule has 112 valence electrons. The second-order valence-electron chi connectivity index (χ2n) is 5.29. The van der Waals surface area contributed by atoms with Gasteiger partial charge in [0.1, 0.15) is 0 Å². The van der Waals surface area contributed by atoms with Gasteiger partial charge in [0.15, 0.2) is 0 Å². The summed E-state index contributed by atoms with van der Waals surface area (Å²) in [5.41, 5.74) is 0.386. The van der Waals surface area contributed by atoms with Gasteiger partial charge in [0.05, 0.1) is 5.56 Å². The number of hydrogen-bond donors (Lipinski definition) is 0. The van der Waals surface area contributed by atoms with Gasteiger partial charge in [0.25, 0.3) is 0 Å². The van der Waals surface area contributed by atoms with E-state index in [4.69, 9.17) is 0 Å². The highest BCUT2D eigenvalue weighted by atomic mass is 79.9. The Morgan fingerprint density at radius 2 is 1.80 bits per heavy atom. The van der Waals surface area contributed by atoms with Crippen molar-refractivity contribution in [1.29, 1.82) is 0 Å². The summed E-state index contributed by atoms with van der Waals surface area (Å²) in [7, 11) is 0. The van der Waals surface area contributed by atoms with Crippen molar-refractivity contribution in [2.75, 3.05) is 11.9 Å². The molecule has 20 heavy (non-hydrogen) atoms. The molecule has 1 nitrogen and oxygen atoms in total. The third-order valence-electron chi connectivity index (χ3n) is 3.84. The minimum absolute atomic E-state index is 0.572. The Kier molecular flexibility index (Phi) is 5.49. The minimum Gasteiger partial charge on any atom is -0.296 e. The van der Waals surface area contributed by atoms with Crippen LogP contribution < -0.4 is 0 Å². The van der Waals surface area contributed by atoms with Crippen molar-refractivity contribution in [1.82, 2.24) is 4.90 Å². The van der Waals surface area contributed by atoms with E-state index in [9.17, 15) is 13.2 Å². The maximum absolute atomic E-state index is 12.5. The first-order valence-electron chi connectivity index (χ1n) is 6.97. The molecule has 0 aromatic heterocycles. The monoisotopic (exact) mass is 349 g/mol. The van der Waals surface area contributed by atoms with E-state index in [1.54, 1.807) is 12.1 Å². The van der Waals surface area contributed by atoms with E-state index in [1.807, 2.05) is 0 Å². The first-order valence-corrected chi connectivity index (χ1v) is 8.09. The van der Waals surface area contributed by atoms with Gasteiger partial charge in [-0.1, -0.05) is 34.5 Å². The number of alkyl halides is 4. The fourth-order valence-electron chi connectivity index (χ4n) is 2.44. The molecule has 5 heteroatoms. The first-order chi connectivity index (χ1) is 9.50. The molecule has 1 fully saturated rings. The molecule has 0 radical (unpaired) electrons. The predicted molar refractivity (Wildman–Crippen MR) is 77.9 cm³/mol. The Morgan fingerprint density at radius 3 is 2.25 bits per heavy atom. The van der Waals surface area contributed by atoms with Crippen LogP contribution in [0.2, 0.25) is 0 Å². The number of halogens is 4. The molecule has 1 aliphatic carbocycles. The summed E-state index contributed by atoms with van der Waals surface area (Å²) in [6.45, 7) is 1.74. The van der Waals surface area contributed by atoms with Gasteiger partial charge in [-0.05, 0) is 43.5 Å². The Morgan fingerprint density at radius 1 is 1.15 bits per heavy atom. The highest BCUT2D eigenvalue weighted by Gasteiger charge is 2.30. The van der Waals surface area contributed by atoms with Crippen LogP contribution in [-0.2, 0) is 12.7 Å². The van der Waals surface area contributed by atoms with E-state index in [0.717, 1.165) is 30.4 Å². The van der Waals surface area contributed by atoms with Gasteiger partial charge in [0, 0.05) is 17.9 Å². The largest absolute Gasteiger partial charge is 0.416 e. The molecule has 0 unspecified atom stereocenters. The smallest absolute Gasteiger partial charge is 0.296 e. The quantitative estimate of drug-likeness (QED) is 0.664. The fourth-order valence-corrected chi connectivity index (χ4v) is 2.69. The number of hydrogen-bond acceptors (Lipinski definition) is 1. The van der Waals surface area contributed by atoms with Crippen LogP contribution in [0, 0.1) is 0 Å². The molecular weight excluding hydrogens is 331 g/mol. The summed E-state index contributed by atoms with van der Waals surface area (Å²) in [4.78, 5) is 2.40. The van der Waals surface area contributed by atoms with Crippen molar-refractivity contribution < 1.29 is 13.2 Å². The predicted octanol–water partition coefficient (Wildman–Crippen LogP) is 4.84. The zero-order valence-electron chi connectivity index (χ0n) is 11.3.